The lowest BCUT2D eigenvalue weighted by molar-refractivity contribution is -0.386. The molecule has 9 aliphatic rings. The molecule has 5 saturated heterocycles. The Morgan fingerprint density at radius 2 is 1.40 bits per heavy atom. The molecule has 3 saturated carbocycles. The van der Waals surface area contributed by atoms with Gasteiger partial charge in [0.25, 0.3) is 0 Å². The van der Waals surface area contributed by atoms with Crippen molar-refractivity contribution >= 4 is 0 Å². The maximum Gasteiger partial charge on any atom is 0.187 e. The summed E-state index contributed by atoms with van der Waals surface area (Å²) in [6.07, 6.45) is -11.7. The Labute approximate surface area is 352 Å². The van der Waals surface area contributed by atoms with Gasteiger partial charge >= 0.3 is 0 Å². The van der Waals surface area contributed by atoms with Crippen LogP contribution in [0.3, 0.4) is 0 Å². The quantitative estimate of drug-likeness (QED) is 0.173. The number of aliphatic hydroxyl groups is 8. The summed E-state index contributed by atoms with van der Waals surface area (Å²) >= 11 is 0. The number of fused-ring (bicyclic) bond motifs is 7. The largest absolute Gasteiger partial charge is 0.393 e. The van der Waals surface area contributed by atoms with E-state index in [1.165, 1.54) is 6.92 Å². The van der Waals surface area contributed by atoms with Crippen molar-refractivity contribution in [3.05, 3.63) is 11.6 Å². The lowest BCUT2D eigenvalue weighted by Gasteiger charge is -2.60. The Morgan fingerprint density at radius 3 is 2.13 bits per heavy atom. The predicted molar refractivity (Wildman–Crippen MR) is 208 cm³/mol. The maximum atomic E-state index is 12.1. The molecule has 16 nitrogen and oxygen atoms in total. The summed E-state index contributed by atoms with van der Waals surface area (Å²) in [5.74, 6) is 1.71. The van der Waals surface area contributed by atoms with Crippen LogP contribution in [0.1, 0.15) is 92.9 Å². The van der Waals surface area contributed by atoms with Crippen LogP contribution in [0.5, 0.6) is 0 Å². The molecule has 0 aromatic carbocycles. The first kappa shape index (κ1) is 44.3. The van der Waals surface area contributed by atoms with Crippen molar-refractivity contribution in [1.29, 1.82) is 0 Å². The minimum Gasteiger partial charge on any atom is -0.393 e. The summed E-state index contributed by atoms with van der Waals surface area (Å²) in [7, 11) is 0. The number of ether oxygens (including phenoxy) is 8. The molecule has 5 heterocycles. The van der Waals surface area contributed by atoms with Gasteiger partial charge in [-0.1, -0.05) is 39.3 Å². The van der Waals surface area contributed by atoms with E-state index in [0.29, 0.717) is 36.5 Å². The fourth-order valence-electron chi connectivity index (χ4n) is 13.8. The summed E-state index contributed by atoms with van der Waals surface area (Å²) in [6.45, 7) is 12.9. The zero-order chi connectivity index (χ0) is 42.8. The molecule has 1 spiro atoms. The minimum absolute atomic E-state index is 0.0766. The third-order valence-electron chi connectivity index (χ3n) is 17.3. The number of rotatable bonds is 6. The van der Waals surface area contributed by atoms with E-state index in [2.05, 4.69) is 33.8 Å². The van der Waals surface area contributed by atoms with E-state index in [1.807, 2.05) is 0 Å². The highest BCUT2D eigenvalue weighted by molar-refractivity contribution is 5.29. The van der Waals surface area contributed by atoms with Gasteiger partial charge in [0.05, 0.1) is 43.7 Å². The molecule has 9 rings (SSSR count). The smallest absolute Gasteiger partial charge is 0.187 e. The van der Waals surface area contributed by atoms with Crippen LogP contribution < -0.4 is 0 Å². The van der Waals surface area contributed by atoms with E-state index in [0.717, 1.165) is 50.7 Å². The Bertz CT molecular complexity index is 1580. The van der Waals surface area contributed by atoms with Crippen LogP contribution in [0.4, 0.5) is 0 Å². The highest BCUT2D eigenvalue weighted by Crippen LogP contribution is 2.71. The Kier molecular flexibility index (Phi) is 12.0. The van der Waals surface area contributed by atoms with Crippen LogP contribution in [0.2, 0.25) is 0 Å². The van der Waals surface area contributed by atoms with Crippen molar-refractivity contribution in [3.8, 4) is 0 Å². The van der Waals surface area contributed by atoms with Gasteiger partial charge in [-0.15, -0.1) is 0 Å². The van der Waals surface area contributed by atoms with Gasteiger partial charge in [-0.25, -0.2) is 0 Å². The maximum absolute atomic E-state index is 12.1. The highest BCUT2D eigenvalue weighted by atomic mass is 16.8. The number of allylic oxidation sites excluding steroid dienone is 1. The molecule has 5 aliphatic heterocycles. The predicted octanol–water partition coefficient (Wildman–Crippen LogP) is 0.852. The summed E-state index contributed by atoms with van der Waals surface area (Å²) in [6, 6.07) is 0. The standard InChI is InChI=1S/C44H70O16/c1-18-9-12-44(54-16-18)19(2)30-28(60-44)15-26-24-8-7-22-13-23(45)14-29(43(22,6)25(24)10-11-42(26,30)5)57-41-38(59-40-35(51)33(49)31(47)20(3)55-40)36(52)37(21(4)56-41)58-39-34(50)32(48)27(46)17-53-39/h7,18-21,23-41,45-52H,8-17H2,1-6H3/t18-,19?,20?,21+,23-,24-,25+,26+,27-,28+,29+,30+,31+,32+,33+,34?,35?,36+,37+,38?,39+,40+,41+,42+,43+,44-/m1/s1. The fourth-order valence-corrected chi connectivity index (χ4v) is 13.8. The minimum atomic E-state index is -1.71. The van der Waals surface area contributed by atoms with Crippen molar-refractivity contribution < 1.29 is 78.7 Å². The summed E-state index contributed by atoms with van der Waals surface area (Å²) in [4.78, 5) is 0. The first-order valence-electron chi connectivity index (χ1n) is 22.7. The fraction of sp³-hybridized carbons (Fsp3) is 0.955. The zero-order valence-corrected chi connectivity index (χ0v) is 35.8. The molecule has 5 unspecified atom stereocenters. The summed E-state index contributed by atoms with van der Waals surface area (Å²) in [5.41, 5.74) is 0.708. The number of hydrogen-bond donors (Lipinski definition) is 8. The SMILES string of the molecule is CC1O[C@@H](OC2[C@H](O[C@H]3C[C@H](O)CC4=CC[C@H]5[C@@H]6C[C@@H]7O[C@]8(CC[C@@H](C)CO8)C(C)[C@@H]7[C@@]6(C)CC[C@@H]5[C@]43C)O[C@@H](C)[C@H](O[C@@H]3OC[C@@H](O)[C@H](O)C3O)[C@@H]2O)C(O)[C@@H](O)[C@H]1O. The average Bonchev–Trinajstić information content (AvgIpc) is 3.66. The second-order valence-electron chi connectivity index (χ2n) is 20.7. The van der Waals surface area contributed by atoms with E-state index in [4.69, 9.17) is 37.9 Å². The molecule has 60 heavy (non-hydrogen) atoms. The lowest BCUT2D eigenvalue weighted by Crippen LogP contribution is -2.66. The molecule has 0 aromatic heterocycles. The lowest BCUT2D eigenvalue weighted by atomic mass is 9.46. The van der Waals surface area contributed by atoms with Crippen LogP contribution in [-0.4, -0.2) is 164 Å². The van der Waals surface area contributed by atoms with Crippen LogP contribution in [0.15, 0.2) is 11.6 Å². The molecule has 16 heteroatoms. The van der Waals surface area contributed by atoms with E-state index in [1.54, 1.807) is 6.92 Å². The Balaban J connectivity index is 0.983. The molecule has 8 N–H and O–H groups in total. The first-order valence-corrected chi connectivity index (χ1v) is 22.7. The van der Waals surface area contributed by atoms with Gasteiger partial charge in [-0.2, -0.15) is 0 Å². The number of aliphatic hydroxyl groups excluding tert-OH is 8. The van der Waals surface area contributed by atoms with Crippen molar-refractivity contribution in [1.82, 2.24) is 0 Å². The summed E-state index contributed by atoms with van der Waals surface area (Å²) in [5, 5.41) is 86.7. The molecule has 342 valence electrons. The molecule has 0 radical (unpaired) electrons. The Morgan fingerprint density at radius 1 is 0.683 bits per heavy atom. The molecular formula is C44H70O16. The second kappa shape index (κ2) is 16.2. The third-order valence-corrected chi connectivity index (χ3v) is 17.3. The van der Waals surface area contributed by atoms with Gasteiger partial charge < -0.3 is 78.7 Å². The zero-order valence-electron chi connectivity index (χ0n) is 35.8. The first-order chi connectivity index (χ1) is 28.4. The number of hydrogen-bond acceptors (Lipinski definition) is 16. The van der Waals surface area contributed by atoms with Crippen molar-refractivity contribution in [3.63, 3.8) is 0 Å². The average molecular weight is 855 g/mol. The van der Waals surface area contributed by atoms with Crippen molar-refractivity contribution in [2.75, 3.05) is 13.2 Å². The van der Waals surface area contributed by atoms with Crippen LogP contribution >= 0.6 is 0 Å². The van der Waals surface area contributed by atoms with Gasteiger partial charge in [-0.3, -0.25) is 0 Å². The molecule has 4 aliphatic carbocycles. The van der Waals surface area contributed by atoms with Crippen molar-refractivity contribution in [2.24, 2.45) is 46.3 Å². The van der Waals surface area contributed by atoms with Crippen LogP contribution in [-0.2, 0) is 37.9 Å². The topological polar surface area (TPSA) is 236 Å². The third kappa shape index (κ3) is 7.01. The summed E-state index contributed by atoms with van der Waals surface area (Å²) < 4.78 is 50.7. The van der Waals surface area contributed by atoms with E-state index >= 15 is 0 Å². The molecule has 0 bridgehead atoms. The molecule has 8 fully saturated rings. The molecule has 0 aromatic rings. The van der Waals surface area contributed by atoms with E-state index < -0.39 is 109 Å². The molecule has 0 amide bonds. The van der Waals surface area contributed by atoms with Gasteiger partial charge in [-0.05, 0) is 87.4 Å². The van der Waals surface area contributed by atoms with Crippen molar-refractivity contribution in [2.45, 2.75) is 203 Å². The van der Waals surface area contributed by atoms with Gasteiger partial charge in [0, 0.05) is 24.2 Å². The van der Waals surface area contributed by atoms with Gasteiger partial charge in [0.2, 0.25) is 0 Å². The van der Waals surface area contributed by atoms with Crippen LogP contribution in [0.25, 0.3) is 0 Å². The highest BCUT2D eigenvalue weighted by Gasteiger charge is 2.69. The van der Waals surface area contributed by atoms with Gasteiger partial charge in [0.1, 0.15) is 54.9 Å². The van der Waals surface area contributed by atoms with Crippen LogP contribution in [0, 0.1) is 46.3 Å². The van der Waals surface area contributed by atoms with Gasteiger partial charge in [0.15, 0.2) is 24.7 Å². The monoisotopic (exact) mass is 854 g/mol. The normalized spacial score (nSPS) is 59.2. The van der Waals surface area contributed by atoms with E-state index in [-0.39, 0.29) is 30.0 Å². The van der Waals surface area contributed by atoms with E-state index in [9.17, 15) is 40.9 Å². The molecule has 26 atom stereocenters. The second-order valence-corrected chi connectivity index (χ2v) is 20.7. The molecular weight excluding hydrogens is 784 g/mol. The Hall–Kier alpha value is -0.900.